The molecule has 0 atom stereocenters. The predicted molar refractivity (Wildman–Crippen MR) is 131 cm³/mol. The largest absolute Gasteiger partial charge is 0.416 e. The molecule has 0 saturated carbocycles. The van der Waals surface area contributed by atoms with E-state index in [-0.39, 0.29) is 10.6 Å². The number of rotatable bonds is 6. The first-order chi connectivity index (χ1) is 17.0. The second kappa shape index (κ2) is 10.4. The number of anilines is 1. The number of nitrogens with one attached hydrogen (secondary N) is 1. The summed E-state index contributed by atoms with van der Waals surface area (Å²) in [6.07, 6.45) is -4.44. The van der Waals surface area contributed by atoms with Crippen molar-refractivity contribution in [3.05, 3.63) is 95.1 Å². The maximum atomic E-state index is 12.9. The first kappa shape index (κ1) is 25.9. The third kappa shape index (κ3) is 6.13. The van der Waals surface area contributed by atoms with Gasteiger partial charge >= 0.3 is 6.18 Å². The van der Waals surface area contributed by atoms with Crippen LogP contribution in [0.4, 0.5) is 18.9 Å². The molecule has 1 aliphatic rings. The Morgan fingerprint density at radius 1 is 0.917 bits per heavy atom. The molecule has 0 spiro atoms. The van der Waals surface area contributed by atoms with Gasteiger partial charge in [-0.25, -0.2) is 8.42 Å². The smallest absolute Gasteiger partial charge is 0.322 e. The topological polar surface area (TPSA) is 69.7 Å². The van der Waals surface area contributed by atoms with Crippen LogP contribution in [-0.2, 0) is 22.7 Å². The summed E-state index contributed by atoms with van der Waals surface area (Å²) in [6, 6.07) is 18.1. The maximum absolute atomic E-state index is 12.9. The number of carbonyl (C=O) groups is 1. The van der Waals surface area contributed by atoms with Gasteiger partial charge in [-0.2, -0.15) is 17.5 Å². The van der Waals surface area contributed by atoms with Gasteiger partial charge in [0.25, 0.3) is 5.91 Å². The predicted octanol–water partition coefficient (Wildman–Crippen LogP) is 4.77. The summed E-state index contributed by atoms with van der Waals surface area (Å²) < 4.78 is 65.5. The van der Waals surface area contributed by atoms with Crippen molar-refractivity contribution in [1.29, 1.82) is 0 Å². The standard InChI is InChI=1S/C26H26F3N3O3S/c1-19-5-11-24(12-6-19)36(34,35)32-15-13-31(14-16-32)18-20-3-2-4-21(17-20)25(33)30-23-9-7-22(8-10-23)26(27,28)29/h2-12,17H,13-16,18H2,1H3,(H,30,33). The van der Waals surface area contributed by atoms with Crippen LogP contribution in [0.3, 0.4) is 0 Å². The highest BCUT2D eigenvalue weighted by molar-refractivity contribution is 7.89. The van der Waals surface area contributed by atoms with E-state index in [1.807, 2.05) is 13.0 Å². The lowest BCUT2D eigenvalue weighted by molar-refractivity contribution is -0.137. The third-order valence-electron chi connectivity index (χ3n) is 6.06. The summed E-state index contributed by atoms with van der Waals surface area (Å²) >= 11 is 0. The minimum Gasteiger partial charge on any atom is -0.322 e. The number of alkyl halides is 3. The molecule has 1 N–H and O–H groups in total. The molecule has 1 saturated heterocycles. The SMILES string of the molecule is Cc1ccc(S(=O)(=O)N2CCN(Cc3cccc(C(=O)Nc4ccc(C(F)(F)F)cc4)c3)CC2)cc1. The molecule has 4 rings (SSSR count). The first-order valence-corrected chi connectivity index (χ1v) is 12.8. The van der Waals surface area contributed by atoms with Crippen LogP contribution in [-0.4, -0.2) is 49.7 Å². The van der Waals surface area contributed by atoms with E-state index in [4.69, 9.17) is 0 Å². The Balaban J connectivity index is 1.34. The van der Waals surface area contributed by atoms with Gasteiger partial charge in [0.2, 0.25) is 10.0 Å². The molecule has 0 aromatic heterocycles. The Morgan fingerprint density at radius 3 is 2.17 bits per heavy atom. The molecule has 3 aromatic carbocycles. The molecule has 0 radical (unpaired) electrons. The summed E-state index contributed by atoms with van der Waals surface area (Å²) in [6.45, 7) is 4.27. The molecule has 3 aromatic rings. The number of halogens is 3. The van der Waals surface area contributed by atoms with Crippen LogP contribution < -0.4 is 5.32 Å². The summed E-state index contributed by atoms with van der Waals surface area (Å²) in [5.41, 5.74) is 1.74. The van der Waals surface area contributed by atoms with Crippen molar-refractivity contribution in [2.45, 2.75) is 24.5 Å². The number of piperazine rings is 1. The van der Waals surface area contributed by atoms with Crippen LogP contribution in [0.1, 0.15) is 27.0 Å². The lowest BCUT2D eigenvalue weighted by Gasteiger charge is -2.34. The third-order valence-corrected chi connectivity index (χ3v) is 7.97. The van der Waals surface area contributed by atoms with Crippen molar-refractivity contribution in [2.24, 2.45) is 0 Å². The zero-order valence-electron chi connectivity index (χ0n) is 19.6. The minimum atomic E-state index is -4.44. The average Bonchev–Trinajstić information content (AvgIpc) is 2.84. The van der Waals surface area contributed by atoms with E-state index in [0.717, 1.165) is 23.3 Å². The van der Waals surface area contributed by atoms with Gasteiger partial charge in [0, 0.05) is 44.0 Å². The fraction of sp³-hybridized carbons (Fsp3) is 0.269. The second-order valence-corrected chi connectivity index (χ2v) is 10.7. The number of nitrogens with zero attached hydrogens (tertiary/aromatic N) is 2. The Labute approximate surface area is 208 Å². The molecule has 6 nitrogen and oxygen atoms in total. The lowest BCUT2D eigenvalue weighted by Crippen LogP contribution is -2.48. The lowest BCUT2D eigenvalue weighted by atomic mass is 10.1. The number of amides is 1. The van der Waals surface area contributed by atoms with Crippen LogP contribution in [0.5, 0.6) is 0 Å². The monoisotopic (exact) mass is 517 g/mol. The van der Waals surface area contributed by atoms with E-state index >= 15 is 0 Å². The maximum Gasteiger partial charge on any atom is 0.416 e. The van der Waals surface area contributed by atoms with E-state index < -0.39 is 27.7 Å². The molecular weight excluding hydrogens is 491 g/mol. The van der Waals surface area contributed by atoms with Gasteiger partial charge in [-0.05, 0) is 61.0 Å². The number of hydrogen-bond donors (Lipinski definition) is 1. The van der Waals surface area contributed by atoms with Crippen LogP contribution in [0.15, 0.2) is 77.7 Å². The van der Waals surface area contributed by atoms with Gasteiger partial charge in [-0.15, -0.1) is 0 Å². The molecule has 0 bridgehead atoms. The van der Waals surface area contributed by atoms with Gasteiger partial charge in [0.05, 0.1) is 10.5 Å². The Morgan fingerprint density at radius 2 is 1.56 bits per heavy atom. The van der Waals surface area contributed by atoms with Gasteiger partial charge in [0.1, 0.15) is 0 Å². The number of aryl methyl sites for hydroxylation is 1. The van der Waals surface area contributed by atoms with Crippen molar-refractivity contribution in [1.82, 2.24) is 9.21 Å². The van der Waals surface area contributed by atoms with E-state index in [9.17, 15) is 26.4 Å². The van der Waals surface area contributed by atoms with Gasteiger partial charge in [0.15, 0.2) is 0 Å². The Hall–Kier alpha value is -3.21. The minimum absolute atomic E-state index is 0.268. The van der Waals surface area contributed by atoms with Crippen molar-refractivity contribution >= 4 is 21.6 Å². The van der Waals surface area contributed by atoms with Crippen LogP contribution in [0.2, 0.25) is 0 Å². The normalized spacial score (nSPS) is 15.6. The summed E-state index contributed by atoms with van der Waals surface area (Å²) in [4.78, 5) is 15.0. The first-order valence-electron chi connectivity index (χ1n) is 11.4. The zero-order chi connectivity index (χ0) is 25.9. The van der Waals surface area contributed by atoms with Crippen molar-refractivity contribution in [2.75, 3.05) is 31.5 Å². The molecule has 36 heavy (non-hydrogen) atoms. The molecule has 10 heteroatoms. The second-order valence-electron chi connectivity index (χ2n) is 8.72. The fourth-order valence-electron chi connectivity index (χ4n) is 4.00. The Kier molecular flexibility index (Phi) is 7.49. The number of hydrogen-bond acceptors (Lipinski definition) is 4. The average molecular weight is 518 g/mol. The number of benzene rings is 3. The van der Waals surface area contributed by atoms with Gasteiger partial charge in [-0.3, -0.25) is 9.69 Å². The number of sulfonamides is 1. The van der Waals surface area contributed by atoms with E-state index in [2.05, 4.69) is 10.2 Å². The van der Waals surface area contributed by atoms with Gasteiger partial charge < -0.3 is 5.32 Å². The van der Waals surface area contributed by atoms with Crippen molar-refractivity contribution < 1.29 is 26.4 Å². The molecule has 1 fully saturated rings. The van der Waals surface area contributed by atoms with Crippen molar-refractivity contribution in [3.8, 4) is 0 Å². The number of carbonyl (C=O) groups excluding carboxylic acids is 1. The molecular formula is C26H26F3N3O3S. The molecule has 1 aliphatic heterocycles. The molecule has 1 heterocycles. The van der Waals surface area contributed by atoms with Crippen LogP contribution in [0.25, 0.3) is 0 Å². The molecule has 190 valence electrons. The molecule has 1 amide bonds. The fourth-order valence-corrected chi connectivity index (χ4v) is 5.42. The zero-order valence-corrected chi connectivity index (χ0v) is 20.4. The molecule has 0 unspecified atom stereocenters. The highest BCUT2D eigenvalue weighted by Crippen LogP contribution is 2.30. The summed E-state index contributed by atoms with van der Waals surface area (Å²) in [5, 5.41) is 2.62. The highest BCUT2D eigenvalue weighted by Gasteiger charge is 2.30. The quantitative estimate of drug-likeness (QED) is 0.511. The highest BCUT2D eigenvalue weighted by atomic mass is 32.2. The van der Waals surface area contributed by atoms with Crippen molar-refractivity contribution in [3.63, 3.8) is 0 Å². The Bertz CT molecular complexity index is 1320. The van der Waals surface area contributed by atoms with E-state index in [1.54, 1.807) is 42.5 Å². The van der Waals surface area contributed by atoms with Crippen LogP contribution in [0, 0.1) is 6.92 Å². The van der Waals surface area contributed by atoms with Crippen LogP contribution >= 0.6 is 0 Å². The van der Waals surface area contributed by atoms with Gasteiger partial charge in [-0.1, -0.05) is 29.8 Å². The molecule has 0 aliphatic carbocycles. The summed E-state index contributed by atoms with van der Waals surface area (Å²) in [5.74, 6) is -0.425. The van der Waals surface area contributed by atoms with E-state index in [1.165, 1.54) is 16.4 Å². The summed E-state index contributed by atoms with van der Waals surface area (Å²) in [7, 11) is -3.54. The van der Waals surface area contributed by atoms with E-state index in [0.29, 0.717) is 38.3 Å².